The number of imidazole rings is 1. The molecule has 70 valence electrons. The molecule has 1 aliphatic heterocycles. The van der Waals surface area contributed by atoms with Gasteiger partial charge in [0, 0.05) is 26.3 Å². The van der Waals surface area contributed by atoms with Crippen molar-refractivity contribution < 1.29 is 4.79 Å². The van der Waals surface area contributed by atoms with Crippen LogP contribution in [0.15, 0.2) is 12.5 Å². The largest absolute Gasteiger partial charge is 0.340 e. The van der Waals surface area contributed by atoms with Gasteiger partial charge in [0.2, 0.25) is 0 Å². The summed E-state index contributed by atoms with van der Waals surface area (Å²) in [5.74, 6) is 0.145. The van der Waals surface area contributed by atoms with Gasteiger partial charge in [0.1, 0.15) is 5.69 Å². The van der Waals surface area contributed by atoms with Gasteiger partial charge in [0.25, 0.3) is 0 Å². The summed E-state index contributed by atoms with van der Waals surface area (Å²) in [4.78, 5) is 15.9. The van der Waals surface area contributed by atoms with E-state index in [-0.39, 0.29) is 11.2 Å². The fourth-order valence-electron chi connectivity index (χ4n) is 1.50. The third kappa shape index (κ3) is 1.27. The zero-order valence-corrected chi connectivity index (χ0v) is 7.87. The number of aromatic nitrogens is 2. The Morgan fingerprint density at radius 1 is 1.69 bits per heavy atom. The number of carbonyl (C=O) groups is 1. The lowest BCUT2D eigenvalue weighted by Gasteiger charge is -2.37. The van der Waals surface area contributed by atoms with E-state index in [0.717, 1.165) is 13.1 Å². The van der Waals surface area contributed by atoms with Crippen molar-refractivity contribution in [1.82, 2.24) is 14.9 Å². The van der Waals surface area contributed by atoms with Gasteiger partial charge in [-0.15, -0.1) is 0 Å². The minimum atomic E-state index is -0.228. The minimum Gasteiger partial charge on any atom is -0.340 e. The predicted octanol–water partition coefficient (Wildman–Crippen LogP) is 0.212. The second-order valence-electron chi connectivity index (χ2n) is 3.92. The van der Waals surface area contributed by atoms with Crippen molar-refractivity contribution in [2.24, 2.45) is 12.5 Å². The standard InChI is InChI=1S/C9H13N3O/c1-9(4-10-5-9)8(13)7-3-12(2)6-11-7/h3,6,10H,4-5H2,1-2H3. The Balaban J connectivity index is 2.22. The quantitative estimate of drug-likeness (QED) is 0.660. The number of nitrogens with one attached hydrogen (secondary N) is 1. The Hall–Kier alpha value is -1.16. The molecule has 2 rings (SSSR count). The van der Waals surface area contributed by atoms with Crippen LogP contribution in [0.4, 0.5) is 0 Å². The Bertz CT molecular complexity index is 338. The lowest BCUT2D eigenvalue weighted by atomic mass is 9.79. The van der Waals surface area contributed by atoms with Crippen LogP contribution in [-0.4, -0.2) is 28.4 Å². The van der Waals surface area contributed by atoms with Crippen molar-refractivity contribution in [3.63, 3.8) is 0 Å². The molecule has 4 nitrogen and oxygen atoms in total. The summed E-state index contributed by atoms with van der Waals surface area (Å²) in [5, 5.41) is 3.10. The predicted molar refractivity (Wildman–Crippen MR) is 48.5 cm³/mol. The average Bonchev–Trinajstić information content (AvgIpc) is 2.46. The van der Waals surface area contributed by atoms with Crippen LogP contribution in [-0.2, 0) is 7.05 Å². The highest BCUT2D eigenvalue weighted by Crippen LogP contribution is 2.25. The van der Waals surface area contributed by atoms with Crippen LogP contribution in [0.25, 0.3) is 0 Å². The molecule has 4 heteroatoms. The molecule has 0 atom stereocenters. The van der Waals surface area contributed by atoms with Gasteiger partial charge in [0.05, 0.1) is 11.7 Å². The van der Waals surface area contributed by atoms with E-state index in [2.05, 4.69) is 10.3 Å². The first-order valence-corrected chi connectivity index (χ1v) is 4.35. The molecule has 1 N–H and O–H groups in total. The lowest BCUT2D eigenvalue weighted by Crippen LogP contribution is -2.56. The maximum Gasteiger partial charge on any atom is 0.191 e. The van der Waals surface area contributed by atoms with E-state index < -0.39 is 0 Å². The number of hydrogen-bond donors (Lipinski definition) is 1. The Kier molecular flexibility index (Phi) is 1.73. The van der Waals surface area contributed by atoms with Gasteiger partial charge >= 0.3 is 0 Å². The van der Waals surface area contributed by atoms with Crippen LogP contribution >= 0.6 is 0 Å². The van der Waals surface area contributed by atoms with E-state index in [1.54, 1.807) is 17.1 Å². The molecule has 1 aromatic rings. The molecule has 0 spiro atoms. The number of carbonyl (C=O) groups excluding carboxylic acids is 1. The SMILES string of the molecule is Cn1cnc(C(=O)C2(C)CNC2)c1. The van der Waals surface area contributed by atoms with Crippen LogP contribution < -0.4 is 5.32 Å². The number of Topliss-reactive ketones (excluding diaryl/α,β-unsaturated/α-hetero) is 1. The minimum absolute atomic E-state index is 0.145. The van der Waals surface area contributed by atoms with Crippen molar-refractivity contribution in [2.45, 2.75) is 6.92 Å². The fraction of sp³-hybridized carbons (Fsp3) is 0.556. The highest BCUT2D eigenvalue weighted by atomic mass is 16.1. The van der Waals surface area contributed by atoms with Crippen LogP contribution in [0.1, 0.15) is 17.4 Å². The van der Waals surface area contributed by atoms with Gasteiger partial charge in [-0.25, -0.2) is 4.98 Å². The molecular formula is C9H13N3O. The van der Waals surface area contributed by atoms with Crippen molar-refractivity contribution >= 4 is 5.78 Å². The van der Waals surface area contributed by atoms with Gasteiger partial charge in [-0.2, -0.15) is 0 Å². The third-order valence-corrected chi connectivity index (χ3v) is 2.52. The molecule has 1 fully saturated rings. The average molecular weight is 179 g/mol. The highest BCUT2D eigenvalue weighted by Gasteiger charge is 2.40. The lowest BCUT2D eigenvalue weighted by molar-refractivity contribution is 0.0716. The Labute approximate surface area is 77.0 Å². The van der Waals surface area contributed by atoms with Gasteiger partial charge in [-0.05, 0) is 6.92 Å². The third-order valence-electron chi connectivity index (χ3n) is 2.52. The van der Waals surface area contributed by atoms with Crippen LogP contribution in [0.3, 0.4) is 0 Å². The van der Waals surface area contributed by atoms with Crippen molar-refractivity contribution in [1.29, 1.82) is 0 Å². The van der Waals surface area contributed by atoms with E-state index in [9.17, 15) is 4.79 Å². The topological polar surface area (TPSA) is 46.9 Å². The molecule has 13 heavy (non-hydrogen) atoms. The molecule has 0 saturated carbocycles. The molecule has 0 amide bonds. The van der Waals surface area contributed by atoms with Crippen LogP contribution in [0.2, 0.25) is 0 Å². The highest BCUT2D eigenvalue weighted by molar-refractivity contribution is 5.99. The van der Waals surface area contributed by atoms with Crippen molar-refractivity contribution in [2.75, 3.05) is 13.1 Å². The first-order chi connectivity index (χ1) is 6.12. The van der Waals surface area contributed by atoms with Crippen LogP contribution in [0.5, 0.6) is 0 Å². The molecule has 1 saturated heterocycles. The van der Waals surface area contributed by atoms with E-state index in [1.165, 1.54) is 0 Å². The first-order valence-electron chi connectivity index (χ1n) is 4.35. The van der Waals surface area contributed by atoms with E-state index >= 15 is 0 Å². The zero-order valence-electron chi connectivity index (χ0n) is 7.87. The monoisotopic (exact) mass is 179 g/mol. The Morgan fingerprint density at radius 3 is 2.77 bits per heavy atom. The molecule has 0 bridgehead atoms. The summed E-state index contributed by atoms with van der Waals surface area (Å²) in [7, 11) is 1.87. The van der Waals surface area contributed by atoms with Gasteiger partial charge < -0.3 is 9.88 Å². The van der Waals surface area contributed by atoms with Crippen molar-refractivity contribution in [3.05, 3.63) is 18.2 Å². The second kappa shape index (κ2) is 2.67. The summed E-state index contributed by atoms with van der Waals surface area (Å²) < 4.78 is 1.79. The summed E-state index contributed by atoms with van der Waals surface area (Å²) in [6.45, 7) is 3.51. The molecule has 1 aliphatic rings. The molecule has 0 unspecified atom stereocenters. The zero-order chi connectivity index (χ0) is 9.47. The molecule has 0 aromatic carbocycles. The number of nitrogens with zero attached hydrogens (tertiary/aromatic N) is 2. The first kappa shape index (κ1) is 8.44. The van der Waals surface area contributed by atoms with E-state index in [0.29, 0.717) is 5.69 Å². The molecule has 0 radical (unpaired) electrons. The maximum absolute atomic E-state index is 11.8. The van der Waals surface area contributed by atoms with Crippen LogP contribution in [0, 0.1) is 5.41 Å². The normalized spacial score (nSPS) is 19.5. The smallest absolute Gasteiger partial charge is 0.191 e. The van der Waals surface area contributed by atoms with Gasteiger partial charge in [-0.1, -0.05) is 0 Å². The molecule has 1 aromatic heterocycles. The van der Waals surface area contributed by atoms with Gasteiger partial charge in [-0.3, -0.25) is 4.79 Å². The summed E-state index contributed by atoms with van der Waals surface area (Å²) in [6.07, 6.45) is 3.43. The molecule has 2 heterocycles. The van der Waals surface area contributed by atoms with Crippen molar-refractivity contribution in [3.8, 4) is 0 Å². The van der Waals surface area contributed by atoms with E-state index in [4.69, 9.17) is 0 Å². The summed E-state index contributed by atoms with van der Waals surface area (Å²) >= 11 is 0. The molecular weight excluding hydrogens is 166 g/mol. The summed E-state index contributed by atoms with van der Waals surface area (Å²) in [6, 6.07) is 0. The molecule has 0 aliphatic carbocycles. The van der Waals surface area contributed by atoms with E-state index in [1.807, 2.05) is 14.0 Å². The maximum atomic E-state index is 11.8. The number of ketones is 1. The second-order valence-corrected chi connectivity index (χ2v) is 3.92. The number of rotatable bonds is 2. The number of aryl methyl sites for hydroxylation is 1. The van der Waals surface area contributed by atoms with Gasteiger partial charge in [0.15, 0.2) is 5.78 Å². The fourth-order valence-corrected chi connectivity index (χ4v) is 1.50. The number of hydrogen-bond acceptors (Lipinski definition) is 3. The Morgan fingerprint density at radius 2 is 2.38 bits per heavy atom. The summed E-state index contributed by atoms with van der Waals surface area (Å²) in [5.41, 5.74) is 0.348.